The predicted octanol–water partition coefficient (Wildman–Crippen LogP) is 1.00. The number of hydrogen-bond donors (Lipinski definition) is 0. The van der Waals surface area contributed by atoms with E-state index in [1.54, 1.807) is 17.9 Å². The number of aryl methyl sites for hydroxylation is 1. The average molecular weight is 212 g/mol. The van der Waals surface area contributed by atoms with Gasteiger partial charge >= 0.3 is 5.97 Å². The zero-order valence-corrected chi connectivity index (χ0v) is 9.27. The molecule has 0 spiro atoms. The predicted molar refractivity (Wildman–Crippen MR) is 54.6 cm³/mol. The van der Waals surface area contributed by atoms with E-state index in [1.807, 2.05) is 13.8 Å². The molecule has 0 aromatic carbocycles. The van der Waals surface area contributed by atoms with Crippen LogP contribution in [0.4, 0.5) is 0 Å². The molecule has 84 valence electrons. The van der Waals surface area contributed by atoms with Crippen molar-refractivity contribution in [3.63, 3.8) is 0 Å². The first-order valence-electron chi connectivity index (χ1n) is 4.87. The highest BCUT2D eigenvalue weighted by molar-refractivity contribution is 5.88. The summed E-state index contributed by atoms with van der Waals surface area (Å²) in [6, 6.07) is 0. The summed E-state index contributed by atoms with van der Waals surface area (Å²) in [4.78, 5) is 11.4. The number of carbonyl (C=O) groups is 1. The van der Waals surface area contributed by atoms with Crippen molar-refractivity contribution >= 4 is 5.97 Å². The number of rotatable bonds is 5. The van der Waals surface area contributed by atoms with Crippen molar-refractivity contribution in [1.29, 1.82) is 0 Å². The Morgan fingerprint density at radius 2 is 2.27 bits per heavy atom. The van der Waals surface area contributed by atoms with Gasteiger partial charge in [0.05, 0.1) is 24.5 Å². The third kappa shape index (κ3) is 4.12. The molecule has 0 fully saturated rings. The van der Waals surface area contributed by atoms with Gasteiger partial charge in [0, 0.05) is 13.2 Å². The van der Waals surface area contributed by atoms with E-state index >= 15 is 0 Å². The second kappa shape index (κ2) is 5.50. The van der Waals surface area contributed by atoms with Crippen LogP contribution in [0.3, 0.4) is 0 Å². The van der Waals surface area contributed by atoms with E-state index in [-0.39, 0.29) is 18.7 Å². The lowest BCUT2D eigenvalue weighted by Gasteiger charge is -2.07. The molecule has 0 atom stereocenters. The van der Waals surface area contributed by atoms with Gasteiger partial charge in [-0.1, -0.05) is 0 Å². The Kier molecular flexibility index (Phi) is 4.30. The smallest absolute Gasteiger partial charge is 0.341 e. The van der Waals surface area contributed by atoms with Crippen molar-refractivity contribution < 1.29 is 14.3 Å². The molecule has 0 saturated heterocycles. The molecule has 5 nitrogen and oxygen atoms in total. The second-order valence-electron chi connectivity index (χ2n) is 3.46. The maximum atomic E-state index is 11.4. The molecule has 0 amide bonds. The first kappa shape index (κ1) is 11.7. The van der Waals surface area contributed by atoms with E-state index < -0.39 is 0 Å². The lowest BCUT2D eigenvalue weighted by molar-refractivity contribution is 0.0177. The van der Waals surface area contributed by atoms with Gasteiger partial charge in [-0.2, -0.15) is 5.10 Å². The van der Waals surface area contributed by atoms with E-state index in [9.17, 15) is 4.79 Å². The molecule has 0 bridgehead atoms. The standard InChI is InChI=1S/C10H16N2O3/c1-8(2)14-4-5-15-10(13)9-6-11-12(3)7-9/h6-8H,4-5H2,1-3H3. The van der Waals surface area contributed by atoms with Crippen LogP contribution in [0.5, 0.6) is 0 Å². The Morgan fingerprint density at radius 3 is 2.80 bits per heavy atom. The van der Waals surface area contributed by atoms with Crippen molar-refractivity contribution in [2.45, 2.75) is 20.0 Å². The third-order valence-corrected chi connectivity index (χ3v) is 1.71. The number of ether oxygens (including phenoxy) is 2. The molecule has 0 unspecified atom stereocenters. The van der Waals surface area contributed by atoms with Gasteiger partial charge in [-0.05, 0) is 13.8 Å². The lowest BCUT2D eigenvalue weighted by atomic mass is 10.4. The van der Waals surface area contributed by atoms with E-state index in [4.69, 9.17) is 9.47 Å². The number of esters is 1. The molecule has 0 aliphatic heterocycles. The van der Waals surface area contributed by atoms with Gasteiger partial charge in [0.15, 0.2) is 0 Å². The Labute approximate surface area is 89.0 Å². The van der Waals surface area contributed by atoms with Gasteiger partial charge in [0.2, 0.25) is 0 Å². The van der Waals surface area contributed by atoms with Gasteiger partial charge in [0.1, 0.15) is 6.61 Å². The molecule has 0 N–H and O–H groups in total. The normalized spacial score (nSPS) is 10.7. The van der Waals surface area contributed by atoms with Gasteiger partial charge in [-0.25, -0.2) is 4.79 Å². The quantitative estimate of drug-likeness (QED) is 0.539. The van der Waals surface area contributed by atoms with E-state index in [1.165, 1.54) is 6.20 Å². The van der Waals surface area contributed by atoms with Crippen LogP contribution in [0.2, 0.25) is 0 Å². The summed E-state index contributed by atoms with van der Waals surface area (Å²) in [6.45, 7) is 4.56. The van der Waals surface area contributed by atoms with Gasteiger partial charge < -0.3 is 9.47 Å². The van der Waals surface area contributed by atoms with Crippen LogP contribution in [0.1, 0.15) is 24.2 Å². The second-order valence-corrected chi connectivity index (χ2v) is 3.46. The summed E-state index contributed by atoms with van der Waals surface area (Å²) in [5, 5.41) is 3.88. The van der Waals surface area contributed by atoms with Crippen molar-refractivity contribution in [3.05, 3.63) is 18.0 Å². The van der Waals surface area contributed by atoms with E-state index in [0.29, 0.717) is 12.2 Å². The molecule has 0 aliphatic carbocycles. The molecule has 0 saturated carbocycles. The van der Waals surface area contributed by atoms with Crippen molar-refractivity contribution in [2.75, 3.05) is 13.2 Å². The lowest BCUT2D eigenvalue weighted by Crippen LogP contribution is -2.13. The minimum atomic E-state index is -0.365. The summed E-state index contributed by atoms with van der Waals surface area (Å²) in [6.07, 6.45) is 3.25. The van der Waals surface area contributed by atoms with Crippen LogP contribution in [-0.2, 0) is 16.5 Å². The summed E-state index contributed by atoms with van der Waals surface area (Å²) in [5.41, 5.74) is 0.460. The third-order valence-electron chi connectivity index (χ3n) is 1.71. The molecule has 1 heterocycles. The monoisotopic (exact) mass is 212 g/mol. The van der Waals surface area contributed by atoms with Crippen LogP contribution in [-0.4, -0.2) is 35.1 Å². The van der Waals surface area contributed by atoms with E-state index in [2.05, 4.69) is 5.10 Å². The molecule has 1 aromatic heterocycles. The first-order chi connectivity index (χ1) is 7.09. The number of nitrogens with zero attached hydrogens (tertiary/aromatic N) is 2. The van der Waals surface area contributed by atoms with Crippen molar-refractivity contribution in [2.24, 2.45) is 7.05 Å². The Morgan fingerprint density at radius 1 is 1.53 bits per heavy atom. The van der Waals surface area contributed by atoms with Crippen LogP contribution in [0, 0.1) is 0 Å². The minimum absolute atomic E-state index is 0.155. The first-order valence-corrected chi connectivity index (χ1v) is 4.87. The Hall–Kier alpha value is -1.36. The van der Waals surface area contributed by atoms with Crippen LogP contribution in [0.15, 0.2) is 12.4 Å². The summed E-state index contributed by atoms with van der Waals surface area (Å²) >= 11 is 0. The fourth-order valence-electron chi connectivity index (χ4n) is 1.03. The highest BCUT2D eigenvalue weighted by Crippen LogP contribution is 1.99. The van der Waals surface area contributed by atoms with Gasteiger partial charge in [-0.15, -0.1) is 0 Å². The molecule has 0 radical (unpaired) electrons. The molecule has 1 rings (SSSR count). The van der Waals surface area contributed by atoms with Crippen LogP contribution < -0.4 is 0 Å². The topological polar surface area (TPSA) is 53.4 Å². The SMILES string of the molecule is CC(C)OCCOC(=O)c1cnn(C)c1. The molecule has 1 aromatic rings. The minimum Gasteiger partial charge on any atom is -0.460 e. The van der Waals surface area contributed by atoms with Crippen molar-refractivity contribution in [3.8, 4) is 0 Å². The number of hydrogen-bond acceptors (Lipinski definition) is 4. The Balaban J connectivity index is 2.25. The van der Waals surface area contributed by atoms with Crippen LogP contribution in [0.25, 0.3) is 0 Å². The van der Waals surface area contributed by atoms with Crippen LogP contribution >= 0.6 is 0 Å². The summed E-state index contributed by atoms with van der Waals surface area (Å²) < 4.78 is 11.8. The maximum Gasteiger partial charge on any atom is 0.341 e. The summed E-state index contributed by atoms with van der Waals surface area (Å²) in [5.74, 6) is -0.365. The fourth-order valence-corrected chi connectivity index (χ4v) is 1.03. The van der Waals surface area contributed by atoms with E-state index in [0.717, 1.165) is 0 Å². The van der Waals surface area contributed by atoms with Gasteiger partial charge in [0.25, 0.3) is 0 Å². The molecular weight excluding hydrogens is 196 g/mol. The highest BCUT2D eigenvalue weighted by Gasteiger charge is 2.08. The summed E-state index contributed by atoms with van der Waals surface area (Å²) in [7, 11) is 1.75. The zero-order chi connectivity index (χ0) is 11.3. The molecule has 15 heavy (non-hydrogen) atoms. The largest absolute Gasteiger partial charge is 0.460 e. The molecule has 0 aliphatic rings. The zero-order valence-electron chi connectivity index (χ0n) is 9.27. The Bertz CT molecular complexity index is 320. The number of carbonyl (C=O) groups excluding carboxylic acids is 1. The fraction of sp³-hybridized carbons (Fsp3) is 0.600. The average Bonchev–Trinajstić information content (AvgIpc) is 2.59. The maximum absolute atomic E-state index is 11.4. The number of aromatic nitrogens is 2. The highest BCUT2D eigenvalue weighted by atomic mass is 16.6. The van der Waals surface area contributed by atoms with Crippen molar-refractivity contribution in [1.82, 2.24) is 9.78 Å². The van der Waals surface area contributed by atoms with Gasteiger partial charge in [-0.3, -0.25) is 4.68 Å². The molecule has 5 heteroatoms. The molecular formula is C10H16N2O3.